The maximum Gasteiger partial charge on any atom is 0.170 e. The molecule has 74 valence electrons. The van der Waals surface area contributed by atoms with Gasteiger partial charge in [0.1, 0.15) is 6.10 Å². The van der Waals surface area contributed by atoms with Crippen molar-refractivity contribution in [1.29, 1.82) is 5.26 Å². The van der Waals surface area contributed by atoms with E-state index in [4.69, 9.17) is 22.0 Å². The Morgan fingerprint density at radius 1 is 1.43 bits per heavy atom. The molecule has 0 radical (unpaired) electrons. The molecule has 2 unspecified atom stereocenters. The lowest BCUT2D eigenvalue weighted by Crippen LogP contribution is -2.15. The van der Waals surface area contributed by atoms with Crippen molar-refractivity contribution >= 4 is 27.5 Å². The highest BCUT2D eigenvalue weighted by atomic mass is 79.9. The van der Waals surface area contributed by atoms with E-state index in [1.54, 1.807) is 18.2 Å². The Morgan fingerprint density at radius 2 is 2.07 bits per heavy atom. The number of aliphatic hydroxyl groups excluding tert-OH is 2. The number of aliphatic hydroxyl groups is 2. The summed E-state index contributed by atoms with van der Waals surface area (Å²) in [7, 11) is 0. The third kappa shape index (κ3) is 2.46. The van der Waals surface area contributed by atoms with Crippen LogP contribution in [0.2, 0.25) is 5.02 Å². The highest BCUT2D eigenvalue weighted by molar-refractivity contribution is 9.10. The van der Waals surface area contributed by atoms with E-state index < -0.39 is 12.2 Å². The molecule has 0 aliphatic heterocycles. The highest BCUT2D eigenvalue weighted by Gasteiger charge is 2.18. The van der Waals surface area contributed by atoms with Gasteiger partial charge in [-0.15, -0.1) is 0 Å². The van der Waals surface area contributed by atoms with Gasteiger partial charge in [0.25, 0.3) is 0 Å². The maximum absolute atomic E-state index is 9.46. The van der Waals surface area contributed by atoms with Crippen LogP contribution in [0, 0.1) is 11.3 Å². The molecule has 2 N–H and O–H groups in total. The molecule has 3 nitrogen and oxygen atoms in total. The zero-order valence-electron chi connectivity index (χ0n) is 6.98. The van der Waals surface area contributed by atoms with Gasteiger partial charge in [-0.05, 0) is 33.6 Å². The fraction of sp³-hybridized carbons (Fsp3) is 0.222. The van der Waals surface area contributed by atoms with Crippen molar-refractivity contribution in [1.82, 2.24) is 0 Å². The summed E-state index contributed by atoms with van der Waals surface area (Å²) < 4.78 is 0.696. The third-order valence-electron chi connectivity index (χ3n) is 1.72. The predicted octanol–water partition coefficient (Wildman–Crippen LogP) is 2.02. The molecule has 1 rings (SSSR count). The Bertz CT molecular complexity index is 378. The van der Waals surface area contributed by atoms with Crippen molar-refractivity contribution in [3.8, 4) is 6.07 Å². The fourth-order valence-corrected chi connectivity index (χ4v) is 1.38. The Hall–Kier alpha value is -0.600. The van der Waals surface area contributed by atoms with Gasteiger partial charge in [-0.25, -0.2) is 0 Å². The second-order valence-corrected chi connectivity index (χ2v) is 3.95. The first-order valence-corrected chi connectivity index (χ1v) is 4.94. The zero-order chi connectivity index (χ0) is 10.7. The Morgan fingerprint density at radius 3 is 2.57 bits per heavy atom. The normalized spacial score (nSPS) is 14.5. The Kier molecular flexibility index (Phi) is 3.90. The molecule has 14 heavy (non-hydrogen) atoms. The Balaban J connectivity index is 2.98. The van der Waals surface area contributed by atoms with Gasteiger partial charge in [0, 0.05) is 4.47 Å². The van der Waals surface area contributed by atoms with Gasteiger partial charge in [0.15, 0.2) is 6.10 Å². The van der Waals surface area contributed by atoms with Crippen molar-refractivity contribution < 1.29 is 10.2 Å². The average Bonchev–Trinajstić information content (AvgIpc) is 2.20. The molecule has 0 saturated carbocycles. The largest absolute Gasteiger partial charge is 0.385 e. The molecule has 0 fully saturated rings. The molecular weight excluding hydrogens is 269 g/mol. The van der Waals surface area contributed by atoms with E-state index in [2.05, 4.69) is 15.9 Å². The second kappa shape index (κ2) is 4.76. The van der Waals surface area contributed by atoms with Crippen molar-refractivity contribution in [2.75, 3.05) is 0 Å². The molecule has 2 atom stereocenters. The van der Waals surface area contributed by atoms with Gasteiger partial charge in [-0.2, -0.15) is 5.26 Å². The van der Waals surface area contributed by atoms with Crippen LogP contribution in [0.5, 0.6) is 0 Å². The van der Waals surface area contributed by atoms with E-state index in [1.165, 1.54) is 6.07 Å². The topological polar surface area (TPSA) is 64.2 Å². The van der Waals surface area contributed by atoms with Gasteiger partial charge in [0.05, 0.1) is 11.1 Å². The number of halogens is 2. The van der Waals surface area contributed by atoms with Gasteiger partial charge >= 0.3 is 0 Å². The lowest BCUT2D eigenvalue weighted by Gasteiger charge is -2.12. The second-order valence-electron chi connectivity index (χ2n) is 2.69. The average molecular weight is 277 g/mol. The van der Waals surface area contributed by atoms with Crippen LogP contribution in [0.4, 0.5) is 0 Å². The van der Waals surface area contributed by atoms with E-state index in [0.29, 0.717) is 15.1 Å². The van der Waals surface area contributed by atoms with Crippen LogP contribution >= 0.6 is 27.5 Å². The standard InChI is InChI=1S/C9H7BrClNO2/c10-6-2-1-5(3-7(6)11)9(14)8(13)4-12/h1-3,8-9,13-14H. The summed E-state index contributed by atoms with van der Waals surface area (Å²) in [6.07, 6.45) is -2.67. The lowest BCUT2D eigenvalue weighted by molar-refractivity contribution is 0.0528. The summed E-state index contributed by atoms with van der Waals surface area (Å²) in [5.41, 5.74) is 0.409. The molecule has 5 heteroatoms. The number of nitriles is 1. The third-order valence-corrected chi connectivity index (χ3v) is 2.95. The minimum absolute atomic E-state index is 0.409. The summed E-state index contributed by atoms with van der Waals surface area (Å²) in [4.78, 5) is 0. The molecule has 0 spiro atoms. The Labute approximate surface area is 94.7 Å². The molecule has 1 aromatic rings. The summed E-state index contributed by atoms with van der Waals surface area (Å²) in [5, 5.41) is 27.3. The van der Waals surface area contributed by atoms with Crippen LogP contribution in [-0.4, -0.2) is 16.3 Å². The molecule has 0 amide bonds. The molecule has 0 bridgehead atoms. The molecular formula is C9H7BrClNO2. The quantitative estimate of drug-likeness (QED) is 0.812. The first-order valence-electron chi connectivity index (χ1n) is 3.77. The van der Waals surface area contributed by atoms with Crippen LogP contribution in [0.15, 0.2) is 22.7 Å². The monoisotopic (exact) mass is 275 g/mol. The predicted molar refractivity (Wildman–Crippen MR) is 55.7 cm³/mol. The van der Waals surface area contributed by atoms with E-state index in [1.807, 2.05) is 0 Å². The van der Waals surface area contributed by atoms with E-state index >= 15 is 0 Å². The molecule has 1 aromatic carbocycles. The van der Waals surface area contributed by atoms with E-state index in [9.17, 15) is 5.11 Å². The van der Waals surface area contributed by atoms with Gasteiger partial charge in [-0.3, -0.25) is 0 Å². The van der Waals surface area contributed by atoms with Gasteiger partial charge in [-0.1, -0.05) is 17.7 Å². The summed E-state index contributed by atoms with van der Waals surface area (Å²) in [6.45, 7) is 0. The first kappa shape index (κ1) is 11.5. The fourth-order valence-electron chi connectivity index (χ4n) is 0.949. The molecule has 0 heterocycles. The molecule has 0 aliphatic carbocycles. The summed E-state index contributed by atoms with van der Waals surface area (Å²) >= 11 is 8.97. The zero-order valence-corrected chi connectivity index (χ0v) is 9.33. The maximum atomic E-state index is 9.46. The van der Waals surface area contributed by atoms with Gasteiger partial charge in [0.2, 0.25) is 0 Å². The van der Waals surface area contributed by atoms with Crippen molar-refractivity contribution in [2.45, 2.75) is 12.2 Å². The van der Waals surface area contributed by atoms with Crippen LogP contribution < -0.4 is 0 Å². The van der Waals surface area contributed by atoms with Crippen molar-refractivity contribution in [2.24, 2.45) is 0 Å². The lowest BCUT2D eigenvalue weighted by atomic mass is 10.1. The van der Waals surface area contributed by atoms with Crippen molar-refractivity contribution in [3.63, 3.8) is 0 Å². The number of hydrogen-bond acceptors (Lipinski definition) is 3. The number of rotatable bonds is 2. The highest BCUT2D eigenvalue weighted by Crippen LogP contribution is 2.27. The summed E-state index contributed by atoms with van der Waals surface area (Å²) in [5.74, 6) is 0. The van der Waals surface area contributed by atoms with Crippen LogP contribution in [-0.2, 0) is 0 Å². The molecule has 0 aliphatic rings. The van der Waals surface area contributed by atoms with Crippen LogP contribution in [0.25, 0.3) is 0 Å². The van der Waals surface area contributed by atoms with Crippen molar-refractivity contribution in [3.05, 3.63) is 33.3 Å². The summed E-state index contributed by atoms with van der Waals surface area (Å²) in [6, 6.07) is 6.27. The number of nitrogens with zero attached hydrogens (tertiary/aromatic N) is 1. The molecule has 0 aromatic heterocycles. The molecule has 0 saturated heterocycles. The smallest absolute Gasteiger partial charge is 0.170 e. The minimum atomic E-state index is -1.44. The first-order chi connectivity index (χ1) is 6.56. The minimum Gasteiger partial charge on any atom is -0.385 e. The van der Waals surface area contributed by atoms with E-state index in [0.717, 1.165) is 0 Å². The van der Waals surface area contributed by atoms with Gasteiger partial charge < -0.3 is 10.2 Å². The SMILES string of the molecule is N#CC(O)C(O)c1ccc(Br)c(Cl)c1. The van der Waals surface area contributed by atoms with E-state index in [-0.39, 0.29) is 0 Å². The van der Waals surface area contributed by atoms with Crippen LogP contribution in [0.3, 0.4) is 0 Å². The number of hydrogen-bond donors (Lipinski definition) is 2. The van der Waals surface area contributed by atoms with Crippen LogP contribution in [0.1, 0.15) is 11.7 Å². The number of benzene rings is 1.